The van der Waals surface area contributed by atoms with Gasteiger partial charge in [-0.3, -0.25) is 0 Å². The minimum absolute atomic E-state index is 0.00454. The quantitative estimate of drug-likeness (QED) is 0.874. The van der Waals surface area contributed by atoms with Crippen LogP contribution in [0.25, 0.3) is 0 Å². The highest BCUT2D eigenvalue weighted by Crippen LogP contribution is 2.31. The highest BCUT2D eigenvalue weighted by molar-refractivity contribution is 7.89. The van der Waals surface area contributed by atoms with Crippen LogP contribution >= 0.6 is 0 Å². The van der Waals surface area contributed by atoms with Crippen LogP contribution in [0.3, 0.4) is 0 Å². The number of aryl methyl sites for hydroxylation is 2. The molecule has 0 aliphatic heterocycles. The molecule has 0 radical (unpaired) electrons. The normalized spacial score (nSPS) is 14.5. The molecule has 25 heavy (non-hydrogen) atoms. The Hall–Kier alpha value is -2.19. The maximum absolute atomic E-state index is 13.1. The van der Waals surface area contributed by atoms with Crippen LogP contribution in [0.15, 0.2) is 27.6 Å². The zero-order valence-electron chi connectivity index (χ0n) is 14.2. The third kappa shape index (κ3) is 3.45. The van der Waals surface area contributed by atoms with Crippen molar-refractivity contribution in [1.29, 1.82) is 0 Å². The molecule has 1 N–H and O–H groups in total. The van der Waals surface area contributed by atoms with E-state index in [2.05, 4.69) is 5.16 Å². The van der Waals surface area contributed by atoms with Crippen LogP contribution in [0, 0.1) is 6.92 Å². The van der Waals surface area contributed by atoms with Gasteiger partial charge in [0.15, 0.2) is 0 Å². The fraction of sp³-hybridized carbons (Fsp3) is 0.412. The molecule has 0 unspecified atom stereocenters. The largest absolute Gasteiger partial charge is 0.478 e. The lowest BCUT2D eigenvalue weighted by Crippen LogP contribution is -2.28. The van der Waals surface area contributed by atoms with Crippen molar-refractivity contribution in [3.63, 3.8) is 0 Å². The van der Waals surface area contributed by atoms with Gasteiger partial charge < -0.3 is 9.63 Å². The Bertz CT molecular complexity index is 917. The maximum atomic E-state index is 13.1. The first-order valence-electron chi connectivity index (χ1n) is 8.06. The lowest BCUT2D eigenvalue weighted by Gasteiger charge is -2.23. The van der Waals surface area contributed by atoms with Gasteiger partial charge in [-0.05, 0) is 55.9 Å². The monoisotopic (exact) mass is 364 g/mol. The number of aromatic nitrogens is 1. The summed E-state index contributed by atoms with van der Waals surface area (Å²) in [5, 5.41) is 13.1. The molecule has 1 aromatic heterocycles. The Morgan fingerprint density at radius 3 is 2.64 bits per heavy atom. The van der Waals surface area contributed by atoms with Gasteiger partial charge in [-0.15, -0.1) is 0 Å². The van der Waals surface area contributed by atoms with Crippen LogP contribution in [0.1, 0.15) is 45.8 Å². The van der Waals surface area contributed by atoms with Crippen molar-refractivity contribution in [2.75, 3.05) is 7.05 Å². The molecule has 0 atom stereocenters. The van der Waals surface area contributed by atoms with Crippen LogP contribution < -0.4 is 0 Å². The molecule has 7 nitrogen and oxygen atoms in total. The van der Waals surface area contributed by atoms with Gasteiger partial charge in [0.1, 0.15) is 5.76 Å². The number of carbonyl (C=O) groups is 1. The first kappa shape index (κ1) is 17.6. The number of aromatic carboxylic acids is 1. The Kier molecular flexibility index (Phi) is 4.66. The number of carboxylic acid groups (broad SMARTS) is 1. The van der Waals surface area contributed by atoms with Crippen molar-refractivity contribution in [2.24, 2.45) is 0 Å². The molecular formula is C17H20N2O5S. The molecule has 134 valence electrons. The van der Waals surface area contributed by atoms with E-state index in [1.54, 1.807) is 19.1 Å². The molecule has 0 saturated heterocycles. The smallest absolute Gasteiger partial charge is 0.335 e. The number of nitrogens with zero attached hydrogens (tertiary/aromatic N) is 2. The topological polar surface area (TPSA) is 101 Å². The molecule has 1 aliphatic carbocycles. The first-order valence-corrected chi connectivity index (χ1v) is 9.50. The molecule has 1 aliphatic rings. The van der Waals surface area contributed by atoms with Crippen molar-refractivity contribution >= 4 is 16.0 Å². The second-order valence-corrected chi connectivity index (χ2v) is 8.33. The molecule has 8 heteroatoms. The molecular weight excluding hydrogens is 344 g/mol. The molecule has 3 rings (SSSR count). The van der Waals surface area contributed by atoms with Gasteiger partial charge in [0.2, 0.25) is 10.0 Å². The molecule has 0 bridgehead atoms. The fourth-order valence-electron chi connectivity index (χ4n) is 3.15. The van der Waals surface area contributed by atoms with Crippen molar-refractivity contribution in [1.82, 2.24) is 9.46 Å². The van der Waals surface area contributed by atoms with Crippen molar-refractivity contribution in [3.05, 3.63) is 46.3 Å². The molecule has 0 fully saturated rings. The van der Waals surface area contributed by atoms with Crippen LogP contribution in [0.5, 0.6) is 0 Å². The number of sulfonamides is 1. The van der Waals surface area contributed by atoms with E-state index >= 15 is 0 Å². The van der Waals surface area contributed by atoms with Crippen LogP contribution in [0.2, 0.25) is 0 Å². The number of carboxylic acids is 1. The molecule has 0 amide bonds. The highest BCUT2D eigenvalue weighted by atomic mass is 32.2. The predicted octanol–water partition coefficient (Wildman–Crippen LogP) is 2.38. The summed E-state index contributed by atoms with van der Waals surface area (Å²) in [6.45, 7) is 1.80. The molecule has 1 heterocycles. The van der Waals surface area contributed by atoms with Crippen molar-refractivity contribution < 1.29 is 22.8 Å². The van der Waals surface area contributed by atoms with Crippen molar-refractivity contribution in [2.45, 2.75) is 44.0 Å². The van der Waals surface area contributed by atoms with Crippen LogP contribution in [-0.4, -0.2) is 36.0 Å². The summed E-state index contributed by atoms with van der Waals surface area (Å²) in [7, 11) is -2.38. The van der Waals surface area contributed by atoms with E-state index in [-0.39, 0.29) is 17.0 Å². The highest BCUT2D eigenvalue weighted by Gasteiger charge is 2.29. The van der Waals surface area contributed by atoms with Gasteiger partial charge in [0, 0.05) is 13.1 Å². The summed E-state index contributed by atoms with van der Waals surface area (Å²) in [4.78, 5) is 11.5. The van der Waals surface area contributed by atoms with Gasteiger partial charge >= 0.3 is 5.97 Å². The van der Waals surface area contributed by atoms with Crippen molar-refractivity contribution in [3.8, 4) is 0 Å². The Morgan fingerprint density at radius 2 is 2.00 bits per heavy atom. The van der Waals surface area contributed by atoms with Gasteiger partial charge in [-0.1, -0.05) is 5.16 Å². The average molecular weight is 364 g/mol. The molecule has 0 saturated carbocycles. The lowest BCUT2D eigenvalue weighted by molar-refractivity contribution is 0.0696. The predicted molar refractivity (Wildman–Crippen MR) is 89.9 cm³/mol. The third-order valence-electron chi connectivity index (χ3n) is 4.42. The maximum Gasteiger partial charge on any atom is 0.335 e. The van der Waals surface area contributed by atoms with Gasteiger partial charge in [0.05, 0.1) is 22.7 Å². The molecule has 2 aromatic rings. The summed E-state index contributed by atoms with van der Waals surface area (Å²) >= 11 is 0. The minimum Gasteiger partial charge on any atom is -0.478 e. The van der Waals surface area contributed by atoms with Gasteiger partial charge in [-0.2, -0.15) is 4.31 Å². The van der Waals surface area contributed by atoms with E-state index in [4.69, 9.17) is 4.52 Å². The van der Waals surface area contributed by atoms with Crippen LogP contribution in [0.4, 0.5) is 0 Å². The van der Waals surface area contributed by atoms with E-state index in [0.717, 1.165) is 24.0 Å². The zero-order valence-corrected chi connectivity index (χ0v) is 15.0. The fourth-order valence-corrected chi connectivity index (χ4v) is 4.61. The second kappa shape index (κ2) is 6.61. The van der Waals surface area contributed by atoms with Crippen LogP contribution in [-0.2, 0) is 29.4 Å². The molecule has 0 spiro atoms. The minimum atomic E-state index is -3.84. The first-order chi connectivity index (χ1) is 11.8. The van der Waals surface area contributed by atoms with Gasteiger partial charge in [0.25, 0.3) is 0 Å². The second-order valence-electron chi connectivity index (χ2n) is 6.31. The van der Waals surface area contributed by atoms with Gasteiger partial charge in [-0.25, -0.2) is 13.2 Å². The van der Waals surface area contributed by atoms with E-state index in [9.17, 15) is 18.3 Å². The summed E-state index contributed by atoms with van der Waals surface area (Å²) in [6.07, 6.45) is 3.17. The number of hydrogen-bond acceptors (Lipinski definition) is 5. The standard InChI is InChI=1S/C17H20N2O5S/c1-11-7-14(18-24-11)10-19(2)25(22,23)16-9-13(17(20)21)8-12-5-3-4-6-15(12)16/h7-9H,3-6,10H2,1-2H3,(H,20,21). The number of fused-ring (bicyclic) bond motifs is 1. The van der Waals surface area contributed by atoms with E-state index in [1.165, 1.54) is 17.4 Å². The van der Waals surface area contributed by atoms with E-state index in [0.29, 0.717) is 24.3 Å². The Labute approximate surface area is 146 Å². The SMILES string of the molecule is Cc1cc(CN(C)S(=O)(=O)c2cc(C(=O)O)cc3c2CCCC3)no1. The number of hydrogen-bond donors (Lipinski definition) is 1. The lowest BCUT2D eigenvalue weighted by atomic mass is 9.90. The van der Waals surface area contributed by atoms with E-state index in [1.807, 2.05) is 0 Å². The number of rotatable bonds is 5. The number of benzene rings is 1. The third-order valence-corrected chi connectivity index (χ3v) is 6.29. The Balaban J connectivity index is 2.03. The average Bonchev–Trinajstić information content (AvgIpc) is 2.98. The molecule has 1 aromatic carbocycles. The Morgan fingerprint density at radius 1 is 1.28 bits per heavy atom. The summed E-state index contributed by atoms with van der Waals surface area (Å²) < 4.78 is 32.3. The summed E-state index contributed by atoms with van der Waals surface area (Å²) in [6, 6.07) is 4.54. The zero-order chi connectivity index (χ0) is 18.2. The summed E-state index contributed by atoms with van der Waals surface area (Å²) in [5.41, 5.74) is 2.06. The van der Waals surface area contributed by atoms with E-state index < -0.39 is 16.0 Å². The summed E-state index contributed by atoms with van der Waals surface area (Å²) in [5.74, 6) is -0.523.